The molecule has 0 radical (unpaired) electrons. The Bertz CT molecular complexity index is 215. The Balaban J connectivity index is 2.88. The fourth-order valence-corrected chi connectivity index (χ4v) is 4.08. The Kier molecular flexibility index (Phi) is 3.35. The largest absolute Gasteiger partial charge is 0.297 e. The molecular formula is C8H14O2S2. The Labute approximate surface area is 79.9 Å². The molecule has 2 atom stereocenters. The lowest BCUT2D eigenvalue weighted by Crippen LogP contribution is -2.41. The third-order valence-electron chi connectivity index (χ3n) is 2.38. The van der Waals surface area contributed by atoms with Crippen molar-refractivity contribution in [3.8, 4) is 0 Å². The molecule has 1 unspecified atom stereocenters. The maximum Gasteiger partial charge on any atom is 0.161 e. The molecule has 4 heteroatoms. The van der Waals surface area contributed by atoms with Crippen LogP contribution in [-0.4, -0.2) is 26.6 Å². The fraction of sp³-hybridized carbons (Fsp3) is 0.875. The van der Waals surface area contributed by atoms with E-state index in [1.54, 1.807) is 6.26 Å². The Hall–Kier alpha value is 0.170. The predicted octanol–water partition coefficient (Wildman–Crippen LogP) is 1.57. The van der Waals surface area contributed by atoms with E-state index in [2.05, 4.69) is 0 Å². The Morgan fingerprint density at radius 3 is 2.50 bits per heavy atom. The zero-order chi connectivity index (χ0) is 9.19. The van der Waals surface area contributed by atoms with Crippen molar-refractivity contribution in [3.05, 3.63) is 0 Å². The van der Waals surface area contributed by atoms with Crippen LogP contribution in [0.15, 0.2) is 0 Å². The number of ketones is 1. The highest BCUT2D eigenvalue weighted by Gasteiger charge is 2.42. The van der Waals surface area contributed by atoms with Gasteiger partial charge in [-0.3, -0.25) is 9.00 Å². The molecule has 1 fully saturated rings. The number of thioether (sulfide) groups is 1. The van der Waals surface area contributed by atoms with E-state index in [4.69, 9.17) is 0 Å². The molecular weight excluding hydrogens is 192 g/mol. The van der Waals surface area contributed by atoms with E-state index in [1.165, 1.54) is 11.8 Å². The third kappa shape index (κ3) is 1.59. The van der Waals surface area contributed by atoms with Gasteiger partial charge in [0.2, 0.25) is 0 Å². The van der Waals surface area contributed by atoms with Gasteiger partial charge < -0.3 is 0 Å². The molecule has 0 saturated heterocycles. The molecule has 0 N–H and O–H groups in total. The molecule has 1 aliphatic carbocycles. The molecule has 0 aromatic heterocycles. The second-order valence-electron chi connectivity index (χ2n) is 3.04. The van der Waals surface area contributed by atoms with Crippen LogP contribution < -0.4 is 0 Å². The Morgan fingerprint density at radius 2 is 2.17 bits per heavy atom. The predicted molar refractivity (Wildman–Crippen MR) is 53.8 cm³/mol. The van der Waals surface area contributed by atoms with E-state index in [9.17, 15) is 9.00 Å². The second kappa shape index (κ2) is 3.92. The first-order chi connectivity index (χ1) is 5.63. The molecule has 2 nitrogen and oxygen atoms in total. The van der Waals surface area contributed by atoms with Gasteiger partial charge in [-0.05, 0) is 19.1 Å². The van der Waals surface area contributed by atoms with Gasteiger partial charge in [0.1, 0.15) is 4.08 Å². The van der Waals surface area contributed by atoms with Crippen molar-refractivity contribution in [2.75, 3.05) is 12.5 Å². The summed E-state index contributed by atoms with van der Waals surface area (Å²) in [5.41, 5.74) is 0. The minimum absolute atomic E-state index is 0.182. The molecule has 70 valence electrons. The first-order valence-corrected chi connectivity index (χ1v) is 6.84. The van der Waals surface area contributed by atoms with Gasteiger partial charge in [0.05, 0.1) is 0 Å². The van der Waals surface area contributed by atoms with E-state index in [-0.39, 0.29) is 5.78 Å². The number of hydrogen-bond donors (Lipinski definition) is 0. The topological polar surface area (TPSA) is 34.1 Å². The van der Waals surface area contributed by atoms with Gasteiger partial charge in [0.15, 0.2) is 5.78 Å². The number of rotatable bonds is 2. The SMILES string of the molecule is CS[C@]1(S(C)=O)CCCCC1=O. The van der Waals surface area contributed by atoms with Crippen LogP contribution >= 0.6 is 11.8 Å². The lowest BCUT2D eigenvalue weighted by molar-refractivity contribution is -0.120. The summed E-state index contributed by atoms with van der Waals surface area (Å²) in [4.78, 5) is 11.6. The molecule has 0 amide bonds. The molecule has 0 spiro atoms. The number of carbonyl (C=O) groups excluding carboxylic acids is 1. The summed E-state index contributed by atoms with van der Waals surface area (Å²) < 4.78 is 10.9. The lowest BCUT2D eigenvalue weighted by atomic mass is 9.98. The zero-order valence-electron chi connectivity index (χ0n) is 7.46. The number of carbonyl (C=O) groups is 1. The van der Waals surface area contributed by atoms with Crippen molar-refractivity contribution >= 4 is 28.3 Å². The van der Waals surface area contributed by atoms with E-state index >= 15 is 0 Å². The molecule has 1 saturated carbocycles. The van der Waals surface area contributed by atoms with Gasteiger partial charge in [-0.15, -0.1) is 11.8 Å². The maximum absolute atomic E-state index is 11.6. The number of Topliss-reactive ketones (excluding diaryl/α,β-unsaturated/α-hetero) is 1. The van der Waals surface area contributed by atoms with Crippen LogP contribution in [-0.2, 0) is 15.6 Å². The fourth-order valence-electron chi connectivity index (χ4n) is 1.61. The summed E-state index contributed by atoms with van der Waals surface area (Å²) in [5.74, 6) is 0.182. The van der Waals surface area contributed by atoms with E-state index in [1.807, 2.05) is 6.26 Å². The molecule has 12 heavy (non-hydrogen) atoms. The lowest BCUT2D eigenvalue weighted by Gasteiger charge is -2.31. The van der Waals surface area contributed by atoms with Crippen molar-refractivity contribution in [2.45, 2.75) is 29.8 Å². The van der Waals surface area contributed by atoms with E-state index in [0.717, 1.165) is 19.3 Å². The van der Waals surface area contributed by atoms with Crippen molar-refractivity contribution in [3.63, 3.8) is 0 Å². The maximum atomic E-state index is 11.6. The standard InChI is InChI=1S/C8H14O2S2/c1-11-8(12(2)10)6-4-3-5-7(8)9/h3-6H2,1-2H3/t8-,12?/m0/s1. The van der Waals surface area contributed by atoms with Gasteiger partial charge in [-0.25, -0.2) is 0 Å². The van der Waals surface area contributed by atoms with Crippen LogP contribution in [0.1, 0.15) is 25.7 Å². The summed E-state index contributed by atoms with van der Waals surface area (Å²) in [6.45, 7) is 0. The van der Waals surface area contributed by atoms with E-state index < -0.39 is 14.9 Å². The van der Waals surface area contributed by atoms with E-state index in [0.29, 0.717) is 6.42 Å². The molecule has 1 aliphatic rings. The van der Waals surface area contributed by atoms with Crippen LogP contribution in [0.4, 0.5) is 0 Å². The zero-order valence-corrected chi connectivity index (χ0v) is 9.09. The third-order valence-corrected chi connectivity index (χ3v) is 6.03. The molecule has 0 heterocycles. The van der Waals surface area contributed by atoms with Crippen LogP contribution in [0.5, 0.6) is 0 Å². The summed E-state index contributed by atoms with van der Waals surface area (Å²) in [6, 6.07) is 0. The van der Waals surface area contributed by atoms with Crippen molar-refractivity contribution in [1.29, 1.82) is 0 Å². The highest BCUT2D eigenvalue weighted by molar-refractivity contribution is 8.13. The molecule has 0 aromatic rings. The monoisotopic (exact) mass is 206 g/mol. The summed E-state index contributed by atoms with van der Waals surface area (Å²) in [5, 5.41) is 0. The minimum Gasteiger partial charge on any atom is -0.297 e. The summed E-state index contributed by atoms with van der Waals surface area (Å²) in [7, 11) is -1.03. The van der Waals surface area contributed by atoms with Crippen molar-refractivity contribution in [2.24, 2.45) is 0 Å². The van der Waals surface area contributed by atoms with Crippen LogP contribution in [0.25, 0.3) is 0 Å². The normalized spacial score (nSPS) is 33.3. The molecule has 0 aromatic carbocycles. The van der Waals surface area contributed by atoms with Gasteiger partial charge in [-0.1, -0.05) is 6.42 Å². The second-order valence-corrected chi connectivity index (χ2v) is 6.01. The number of hydrogen-bond acceptors (Lipinski definition) is 3. The summed E-state index contributed by atoms with van der Waals surface area (Å²) >= 11 is 1.46. The van der Waals surface area contributed by atoms with Gasteiger partial charge in [0, 0.05) is 23.5 Å². The van der Waals surface area contributed by atoms with Gasteiger partial charge >= 0.3 is 0 Å². The first-order valence-electron chi connectivity index (χ1n) is 4.05. The van der Waals surface area contributed by atoms with Crippen LogP contribution in [0.2, 0.25) is 0 Å². The minimum atomic E-state index is -1.03. The highest BCUT2D eigenvalue weighted by Crippen LogP contribution is 2.38. The highest BCUT2D eigenvalue weighted by atomic mass is 32.2. The smallest absolute Gasteiger partial charge is 0.161 e. The average molecular weight is 206 g/mol. The molecule has 0 aliphatic heterocycles. The summed E-state index contributed by atoms with van der Waals surface area (Å²) in [6.07, 6.45) is 6.92. The van der Waals surface area contributed by atoms with Gasteiger partial charge in [0.25, 0.3) is 0 Å². The van der Waals surface area contributed by atoms with Crippen LogP contribution in [0.3, 0.4) is 0 Å². The molecule has 0 bridgehead atoms. The first kappa shape index (κ1) is 10.3. The van der Waals surface area contributed by atoms with Crippen molar-refractivity contribution in [1.82, 2.24) is 0 Å². The average Bonchev–Trinajstić information content (AvgIpc) is 2.05. The van der Waals surface area contributed by atoms with Crippen LogP contribution in [0, 0.1) is 0 Å². The Morgan fingerprint density at radius 1 is 1.50 bits per heavy atom. The molecule has 1 rings (SSSR count). The van der Waals surface area contributed by atoms with Crippen molar-refractivity contribution < 1.29 is 9.00 Å². The van der Waals surface area contributed by atoms with Gasteiger partial charge in [-0.2, -0.15) is 0 Å². The quantitative estimate of drug-likeness (QED) is 0.687.